The summed E-state index contributed by atoms with van der Waals surface area (Å²) >= 11 is 0. The molecule has 4 amide bonds. The van der Waals surface area contributed by atoms with Crippen LogP contribution in [0.25, 0.3) is 0 Å². The molecule has 41 heavy (non-hydrogen) atoms. The van der Waals surface area contributed by atoms with Gasteiger partial charge in [0.1, 0.15) is 0 Å². The maximum absolute atomic E-state index is 12.7. The van der Waals surface area contributed by atoms with Crippen LogP contribution in [0.5, 0.6) is 0 Å². The van der Waals surface area contributed by atoms with Crippen LogP contribution in [-0.4, -0.2) is 23.6 Å². The minimum Gasteiger partial charge on any atom is -0.366 e. The summed E-state index contributed by atoms with van der Waals surface area (Å²) in [6, 6.07) is 28.3. The van der Waals surface area contributed by atoms with Gasteiger partial charge in [0.05, 0.1) is 0 Å². The van der Waals surface area contributed by atoms with E-state index in [9.17, 15) is 19.2 Å². The van der Waals surface area contributed by atoms with Crippen molar-refractivity contribution in [3.05, 3.63) is 142 Å². The zero-order valence-corrected chi connectivity index (χ0v) is 22.2. The number of carbonyl (C=O) groups is 4. The number of hydrogen-bond donors (Lipinski definition) is 4. The Morgan fingerprint density at radius 2 is 0.659 bits per heavy atom. The number of nitrogens with two attached hydrogens (primary N) is 4. The molecule has 0 bridgehead atoms. The van der Waals surface area contributed by atoms with Gasteiger partial charge in [-0.15, -0.1) is 0 Å². The molecule has 0 spiro atoms. The molecule has 1 aliphatic rings. The first-order chi connectivity index (χ1) is 19.7. The maximum atomic E-state index is 12.7. The molecule has 4 aromatic carbocycles. The second-order valence-corrected chi connectivity index (χ2v) is 10.3. The lowest BCUT2D eigenvalue weighted by Gasteiger charge is -2.31. The van der Waals surface area contributed by atoms with E-state index in [0.717, 1.165) is 0 Å². The molecular weight excluding hydrogens is 516 g/mol. The second-order valence-electron chi connectivity index (χ2n) is 10.3. The van der Waals surface area contributed by atoms with Gasteiger partial charge in [0, 0.05) is 22.3 Å². The van der Waals surface area contributed by atoms with E-state index in [1.807, 2.05) is 48.5 Å². The van der Waals surface area contributed by atoms with Gasteiger partial charge >= 0.3 is 0 Å². The van der Waals surface area contributed by atoms with Gasteiger partial charge in [0.15, 0.2) is 0 Å². The summed E-state index contributed by atoms with van der Waals surface area (Å²) in [4.78, 5) is 50.7. The van der Waals surface area contributed by atoms with Crippen LogP contribution in [0, 0.1) is 0 Å². The molecule has 0 aromatic heterocycles. The van der Waals surface area contributed by atoms with Gasteiger partial charge in [-0.25, -0.2) is 0 Å². The van der Waals surface area contributed by atoms with Crippen LogP contribution in [0.2, 0.25) is 0 Å². The fourth-order valence-electron chi connectivity index (χ4n) is 6.64. The summed E-state index contributed by atoms with van der Waals surface area (Å²) in [6.45, 7) is 0. The molecule has 4 atom stereocenters. The molecule has 5 rings (SSSR count). The van der Waals surface area contributed by atoms with Crippen molar-refractivity contribution in [1.82, 2.24) is 0 Å². The van der Waals surface area contributed by atoms with E-state index in [4.69, 9.17) is 22.9 Å². The molecule has 0 heterocycles. The van der Waals surface area contributed by atoms with Gasteiger partial charge in [-0.05, 0) is 76.6 Å². The Hall–Kier alpha value is -5.24. The third-order valence-electron chi connectivity index (χ3n) is 8.18. The Labute approximate surface area is 237 Å². The van der Waals surface area contributed by atoms with Crippen LogP contribution >= 0.6 is 0 Å². The van der Waals surface area contributed by atoms with Crippen molar-refractivity contribution in [2.24, 2.45) is 22.9 Å². The van der Waals surface area contributed by atoms with Crippen molar-refractivity contribution < 1.29 is 19.2 Å². The van der Waals surface area contributed by atoms with Gasteiger partial charge in [-0.1, -0.05) is 72.8 Å². The lowest BCUT2D eigenvalue weighted by atomic mass is 9.72. The normalized spacial score (nSPS) is 19.9. The third kappa shape index (κ3) is 4.96. The number of rotatable bonds is 8. The number of primary amides is 4. The van der Waals surface area contributed by atoms with Crippen LogP contribution in [-0.2, 0) is 0 Å². The fourth-order valence-corrected chi connectivity index (χ4v) is 6.64. The smallest absolute Gasteiger partial charge is 0.248 e. The summed E-state index contributed by atoms with van der Waals surface area (Å²) in [6.07, 6.45) is 0.449. The minimum atomic E-state index is -0.606. The van der Waals surface area contributed by atoms with E-state index in [1.165, 1.54) is 0 Å². The Balaban J connectivity index is 1.88. The monoisotopic (exact) mass is 546 g/mol. The molecule has 1 fully saturated rings. The van der Waals surface area contributed by atoms with Crippen LogP contribution in [0.4, 0.5) is 0 Å². The molecule has 0 saturated heterocycles. The van der Waals surface area contributed by atoms with Crippen LogP contribution < -0.4 is 22.9 Å². The highest BCUT2D eigenvalue weighted by Gasteiger charge is 2.49. The van der Waals surface area contributed by atoms with Crippen molar-refractivity contribution in [3.63, 3.8) is 0 Å². The first kappa shape index (κ1) is 27.3. The standard InChI is InChI=1S/C33H30N4O4/c34-30(38)22-13-5-1-9-18(22)26-17-27(19-10-2-6-14-23(19)31(35)39)29(21-12-4-8-16-25(21)33(37)41)28(26)20-11-3-7-15-24(20)32(36)40/h1-16,26-29H,17H2,(H2,34,38)(H2,35,39)(H2,36,40)(H2,37,41). The zero-order valence-electron chi connectivity index (χ0n) is 22.2. The van der Waals surface area contributed by atoms with Crippen molar-refractivity contribution >= 4 is 23.6 Å². The predicted octanol–water partition coefficient (Wildman–Crippen LogP) is 3.92. The van der Waals surface area contributed by atoms with Gasteiger partial charge in [-0.2, -0.15) is 0 Å². The molecule has 8 nitrogen and oxygen atoms in total. The second kappa shape index (κ2) is 11.1. The van der Waals surface area contributed by atoms with Gasteiger partial charge < -0.3 is 22.9 Å². The lowest BCUT2D eigenvalue weighted by Crippen LogP contribution is -2.24. The maximum Gasteiger partial charge on any atom is 0.248 e. The highest BCUT2D eigenvalue weighted by molar-refractivity contribution is 5.97. The summed E-state index contributed by atoms with van der Waals surface area (Å²) in [7, 11) is 0. The van der Waals surface area contributed by atoms with Crippen molar-refractivity contribution in [2.45, 2.75) is 30.1 Å². The van der Waals surface area contributed by atoms with Crippen molar-refractivity contribution in [3.8, 4) is 0 Å². The number of amides is 4. The molecule has 4 unspecified atom stereocenters. The third-order valence-corrected chi connectivity index (χ3v) is 8.18. The summed E-state index contributed by atoms with van der Waals surface area (Å²) in [5.41, 5.74) is 27.5. The number of carbonyl (C=O) groups excluding carboxylic acids is 4. The average Bonchev–Trinajstić information content (AvgIpc) is 3.37. The van der Waals surface area contributed by atoms with Crippen molar-refractivity contribution in [2.75, 3.05) is 0 Å². The molecule has 1 saturated carbocycles. The molecule has 8 heteroatoms. The Morgan fingerprint density at radius 3 is 0.951 bits per heavy atom. The minimum absolute atomic E-state index is 0.324. The molecule has 4 aromatic rings. The van der Waals surface area contributed by atoms with E-state index >= 15 is 0 Å². The Kier molecular flexibility index (Phi) is 7.40. The molecular formula is C33H30N4O4. The quantitative estimate of drug-likeness (QED) is 0.262. The molecule has 8 N–H and O–H groups in total. The summed E-state index contributed by atoms with van der Waals surface area (Å²) in [5.74, 6) is -4.05. The zero-order chi connectivity index (χ0) is 29.3. The first-order valence-corrected chi connectivity index (χ1v) is 13.3. The predicted molar refractivity (Wildman–Crippen MR) is 155 cm³/mol. The van der Waals surface area contributed by atoms with Crippen LogP contribution in [0.15, 0.2) is 97.1 Å². The Bertz CT molecular complexity index is 1560. The van der Waals surface area contributed by atoms with Gasteiger partial charge in [0.2, 0.25) is 23.6 Å². The summed E-state index contributed by atoms with van der Waals surface area (Å²) in [5, 5.41) is 0. The largest absolute Gasteiger partial charge is 0.366 e. The van der Waals surface area contributed by atoms with E-state index in [0.29, 0.717) is 50.9 Å². The van der Waals surface area contributed by atoms with E-state index in [2.05, 4.69) is 0 Å². The molecule has 0 radical (unpaired) electrons. The molecule has 1 aliphatic carbocycles. The number of hydrogen-bond acceptors (Lipinski definition) is 4. The fraction of sp³-hybridized carbons (Fsp3) is 0.152. The van der Waals surface area contributed by atoms with Crippen LogP contribution in [0.1, 0.15) is 93.8 Å². The average molecular weight is 547 g/mol. The SMILES string of the molecule is NC(=O)c1ccccc1C1CC(c2ccccc2C(N)=O)C(c2ccccc2C(N)=O)C1c1ccccc1C(N)=O. The van der Waals surface area contributed by atoms with Gasteiger partial charge in [-0.3, -0.25) is 19.2 Å². The number of benzene rings is 4. The van der Waals surface area contributed by atoms with Crippen LogP contribution in [0.3, 0.4) is 0 Å². The Morgan fingerprint density at radius 1 is 0.415 bits per heavy atom. The summed E-state index contributed by atoms with van der Waals surface area (Å²) < 4.78 is 0. The highest BCUT2D eigenvalue weighted by Crippen LogP contribution is 2.62. The van der Waals surface area contributed by atoms with E-state index < -0.39 is 35.5 Å². The van der Waals surface area contributed by atoms with Gasteiger partial charge in [0.25, 0.3) is 0 Å². The molecule has 0 aliphatic heterocycles. The molecule has 206 valence electrons. The lowest BCUT2D eigenvalue weighted by molar-refractivity contribution is 0.0988. The van der Waals surface area contributed by atoms with E-state index in [1.54, 1.807) is 48.5 Å². The first-order valence-electron chi connectivity index (χ1n) is 13.3. The van der Waals surface area contributed by atoms with E-state index in [-0.39, 0.29) is 11.8 Å². The highest BCUT2D eigenvalue weighted by atomic mass is 16.2. The van der Waals surface area contributed by atoms with Crippen molar-refractivity contribution in [1.29, 1.82) is 0 Å². The topological polar surface area (TPSA) is 172 Å².